The van der Waals surface area contributed by atoms with Gasteiger partial charge in [-0.1, -0.05) is 13.3 Å². The Kier molecular flexibility index (Phi) is 6.47. The molecule has 0 radical (unpaired) electrons. The van der Waals surface area contributed by atoms with E-state index in [-0.39, 0.29) is 12.6 Å². The third-order valence-electron chi connectivity index (χ3n) is 1.59. The van der Waals surface area contributed by atoms with Gasteiger partial charge in [0.15, 0.2) is 0 Å². The highest BCUT2D eigenvalue weighted by molar-refractivity contribution is 5.73. The van der Waals surface area contributed by atoms with E-state index in [1.165, 1.54) is 4.90 Å². The summed E-state index contributed by atoms with van der Waals surface area (Å²) in [7, 11) is 1.66. The summed E-state index contributed by atoms with van der Waals surface area (Å²) in [6, 6.07) is -0.113. The standard InChI is InChI=1S/C8H18N2O2/c1-3-4-5-9-8(12)10(2)6-7-11/h11H,3-7H2,1-2H3,(H,9,12). The molecule has 2 amide bonds. The topological polar surface area (TPSA) is 52.6 Å². The number of nitrogens with one attached hydrogen (secondary N) is 1. The Labute approximate surface area is 73.6 Å². The summed E-state index contributed by atoms with van der Waals surface area (Å²) in [6.07, 6.45) is 2.07. The molecule has 2 N–H and O–H groups in total. The summed E-state index contributed by atoms with van der Waals surface area (Å²) < 4.78 is 0. The first-order valence-corrected chi connectivity index (χ1v) is 4.32. The molecule has 0 saturated carbocycles. The van der Waals surface area contributed by atoms with E-state index in [0.717, 1.165) is 12.8 Å². The molecule has 0 unspecified atom stereocenters. The van der Waals surface area contributed by atoms with Crippen LogP contribution in [0.5, 0.6) is 0 Å². The number of nitrogens with zero attached hydrogens (tertiary/aromatic N) is 1. The molecule has 12 heavy (non-hydrogen) atoms. The van der Waals surface area contributed by atoms with E-state index in [9.17, 15) is 4.79 Å². The van der Waals surface area contributed by atoms with E-state index in [4.69, 9.17) is 5.11 Å². The minimum Gasteiger partial charge on any atom is -0.395 e. The minimum atomic E-state index is -0.113. The normalized spacial score (nSPS) is 9.58. The monoisotopic (exact) mass is 174 g/mol. The second-order valence-electron chi connectivity index (χ2n) is 2.73. The highest BCUT2D eigenvalue weighted by Gasteiger charge is 2.04. The van der Waals surface area contributed by atoms with Crippen molar-refractivity contribution in [2.45, 2.75) is 19.8 Å². The summed E-state index contributed by atoms with van der Waals surface area (Å²) in [6.45, 7) is 3.18. The molecule has 0 aromatic heterocycles. The second-order valence-corrected chi connectivity index (χ2v) is 2.73. The molecule has 0 aliphatic rings. The number of unbranched alkanes of at least 4 members (excludes halogenated alkanes) is 1. The predicted octanol–water partition coefficient (Wildman–Crippen LogP) is 0.420. The van der Waals surface area contributed by atoms with Gasteiger partial charge in [-0.25, -0.2) is 4.79 Å². The summed E-state index contributed by atoms with van der Waals surface area (Å²) in [4.78, 5) is 12.6. The van der Waals surface area contributed by atoms with Gasteiger partial charge in [0.25, 0.3) is 0 Å². The van der Waals surface area contributed by atoms with Crippen LogP contribution in [0.2, 0.25) is 0 Å². The summed E-state index contributed by atoms with van der Waals surface area (Å²) in [5.74, 6) is 0. The first-order valence-electron chi connectivity index (χ1n) is 4.32. The first kappa shape index (κ1) is 11.2. The van der Waals surface area contributed by atoms with Crippen molar-refractivity contribution in [2.24, 2.45) is 0 Å². The predicted molar refractivity (Wildman–Crippen MR) is 48.0 cm³/mol. The minimum absolute atomic E-state index is 0.0116. The molecule has 0 aromatic carbocycles. The SMILES string of the molecule is CCCCNC(=O)N(C)CCO. The summed E-state index contributed by atoms with van der Waals surface area (Å²) in [5.41, 5.74) is 0. The van der Waals surface area contributed by atoms with E-state index >= 15 is 0 Å². The Morgan fingerprint density at radius 2 is 2.25 bits per heavy atom. The number of urea groups is 1. The van der Waals surface area contributed by atoms with Crippen LogP contribution in [0, 0.1) is 0 Å². The maximum Gasteiger partial charge on any atom is 0.317 e. The van der Waals surface area contributed by atoms with Gasteiger partial charge >= 0.3 is 6.03 Å². The highest BCUT2D eigenvalue weighted by atomic mass is 16.3. The lowest BCUT2D eigenvalue weighted by Gasteiger charge is -2.16. The van der Waals surface area contributed by atoms with Crippen LogP contribution in [-0.4, -0.2) is 42.8 Å². The van der Waals surface area contributed by atoms with Gasteiger partial charge in [0, 0.05) is 20.1 Å². The number of aliphatic hydroxyl groups excluding tert-OH is 1. The van der Waals surface area contributed by atoms with Crippen molar-refractivity contribution >= 4 is 6.03 Å². The summed E-state index contributed by atoms with van der Waals surface area (Å²) in [5, 5.41) is 11.3. The molecule has 0 fully saturated rings. The Balaban J connectivity index is 3.43. The van der Waals surface area contributed by atoms with Gasteiger partial charge in [0.2, 0.25) is 0 Å². The number of amides is 2. The number of carbonyl (C=O) groups is 1. The number of rotatable bonds is 5. The Hall–Kier alpha value is -0.770. The van der Waals surface area contributed by atoms with Crippen molar-refractivity contribution in [3.05, 3.63) is 0 Å². The molecule has 0 heterocycles. The average Bonchev–Trinajstić information content (AvgIpc) is 2.05. The summed E-state index contributed by atoms with van der Waals surface area (Å²) >= 11 is 0. The molecule has 0 spiro atoms. The number of carbonyl (C=O) groups excluding carboxylic acids is 1. The third-order valence-corrected chi connectivity index (χ3v) is 1.59. The fraction of sp³-hybridized carbons (Fsp3) is 0.875. The molecular formula is C8H18N2O2. The van der Waals surface area contributed by atoms with Crippen LogP contribution in [0.1, 0.15) is 19.8 Å². The van der Waals surface area contributed by atoms with Crippen molar-refractivity contribution in [1.29, 1.82) is 0 Å². The van der Waals surface area contributed by atoms with Gasteiger partial charge in [-0.15, -0.1) is 0 Å². The van der Waals surface area contributed by atoms with Crippen LogP contribution in [-0.2, 0) is 0 Å². The molecule has 0 bridgehead atoms. The molecule has 0 rings (SSSR count). The molecule has 0 saturated heterocycles. The van der Waals surface area contributed by atoms with Crippen molar-refractivity contribution < 1.29 is 9.90 Å². The molecule has 4 heteroatoms. The number of aliphatic hydroxyl groups is 1. The maximum absolute atomic E-state index is 11.1. The zero-order valence-corrected chi connectivity index (χ0v) is 7.84. The van der Waals surface area contributed by atoms with Crippen LogP contribution in [0.3, 0.4) is 0 Å². The molecule has 0 aliphatic heterocycles. The lowest BCUT2D eigenvalue weighted by Crippen LogP contribution is -2.39. The molecular weight excluding hydrogens is 156 g/mol. The zero-order chi connectivity index (χ0) is 9.40. The Morgan fingerprint density at radius 1 is 1.58 bits per heavy atom. The Morgan fingerprint density at radius 3 is 2.75 bits per heavy atom. The van der Waals surface area contributed by atoms with Gasteiger partial charge in [-0.2, -0.15) is 0 Å². The van der Waals surface area contributed by atoms with Crippen LogP contribution in [0.25, 0.3) is 0 Å². The quantitative estimate of drug-likeness (QED) is 0.593. The van der Waals surface area contributed by atoms with Crippen molar-refractivity contribution in [3.8, 4) is 0 Å². The van der Waals surface area contributed by atoms with E-state index < -0.39 is 0 Å². The van der Waals surface area contributed by atoms with E-state index in [0.29, 0.717) is 13.1 Å². The largest absolute Gasteiger partial charge is 0.395 e. The van der Waals surface area contributed by atoms with Crippen molar-refractivity contribution in [1.82, 2.24) is 10.2 Å². The van der Waals surface area contributed by atoms with E-state index in [1.807, 2.05) is 0 Å². The fourth-order valence-corrected chi connectivity index (χ4v) is 0.759. The fourth-order valence-electron chi connectivity index (χ4n) is 0.759. The van der Waals surface area contributed by atoms with Gasteiger partial charge in [0.1, 0.15) is 0 Å². The average molecular weight is 174 g/mol. The Bertz CT molecular complexity index is 128. The van der Waals surface area contributed by atoms with Crippen LogP contribution in [0.15, 0.2) is 0 Å². The molecule has 0 aliphatic carbocycles. The van der Waals surface area contributed by atoms with Gasteiger partial charge in [-0.3, -0.25) is 0 Å². The lowest BCUT2D eigenvalue weighted by atomic mass is 10.3. The lowest BCUT2D eigenvalue weighted by molar-refractivity contribution is 0.190. The molecule has 0 aromatic rings. The highest BCUT2D eigenvalue weighted by Crippen LogP contribution is 1.86. The van der Waals surface area contributed by atoms with E-state index in [1.54, 1.807) is 7.05 Å². The maximum atomic E-state index is 11.1. The second kappa shape index (κ2) is 6.91. The van der Waals surface area contributed by atoms with Crippen LogP contribution in [0.4, 0.5) is 4.79 Å². The van der Waals surface area contributed by atoms with E-state index in [2.05, 4.69) is 12.2 Å². The molecule has 0 atom stereocenters. The zero-order valence-electron chi connectivity index (χ0n) is 7.84. The number of likely N-dealkylation sites (N-methyl/N-ethyl adjacent to an activating group) is 1. The van der Waals surface area contributed by atoms with Gasteiger partial charge < -0.3 is 15.3 Å². The number of hydrogen-bond donors (Lipinski definition) is 2. The molecule has 72 valence electrons. The van der Waals surface area contributed by atoms with Crippen LogP contribution < -0.4 is 5.32 Å². The first-order chi connectivity index (χ1) is 5.72. The smallest absolute Gasteiger partial charge is 0.317 e. The van der Waals surface area contributed by atoms with Crippen molar-refractivity contribution in [2.75, 3.05) is 26.7 Å². The molecule has 4 nitrogen and oxygen atoms in total. The van der Waals surface area contributed by atoms with Gasteiger partial charge in [0.05, 0.1) is 6.61 Å². The third kappa shape index (κ3) is 4.96. The van der Waals surface area contributed by atoms with Crippen LogP contribution >= 0.6 is 0 Å². The van der Waals surface area contributed by atoms with Crippen molar-refractivity contribution in [3.63, 3.8) is 0 Å². The van der Waals surface area contributed by atoms with Gasteiger partial charge in [-0.05, 0) is 6.42 Å². The number of hydrogen-bond acceptors (Lipinski definition) is 2.